The molecule has 0 saturated heterocycles. The molecule has 27 heavy (non-hydrogen) atoms. The molecule has 0 amide bonds. The van der Waals surface area contributed by atoms with Gasteiger partial charge in [0.15, 0.2) is 5.65 Å². The van der Waals surface area contributed by atoms with Crippen LogP contribution in [0.4, 0.5) is 0 Å². The summed E-state index contributed by atoms with van der Waals surface area (Å²) in [6, 6.07) is 1.99. The molecular formula is C20H26N6O. The summed E-state index contributed by atoms with van der Waals surface area (Å²) in [6.45, 7) is 10.6. The number of H-pyrrole nitrogens is 1. The van der Waals surface area contributed by atoms with Gasteiger partial charge in [0, 0.05) is 67.6 Å². The Morgan fingerprint density at radius 1 is 1.22 bits per heavy atom. The van der Waals surface area contributed by atoms with Crippen molar-refractivity contribution >= 4 is 5.65 Å². The molecule has 4 rings (SSSR count). The molecule has 0 spiro atoms. The van der Waals surface area contributed by atoms with Crippen LogP contribution in [0.3, 0.4) is 0 Å². The van der Waals surface area contributed by atoms with Gasteiger partial charge in [-0.05, 0) is 0 Å². The minimum absolute atomic E-state index is 0.00720. The van der Waals surface area contributed by atoms with Crippen LogP contribution < -0.4 is 5.56 Å². The summed E-state index contributed by atoms with van der Waals surface area (Å²) >= 11 is 0. The molecule has 0 atom stereocenters. The number of aryl methyl sites for hydroxylation is 1. The predicted octanol–water partition coefficient (Wildman–Crippen LogP) is 2.23. The molecule has 3 aromatic rings. The highest BCUT2D eigenvalue weighted by Gasteiger charge is 2.24. The van der Waals surface area contributed by atoms with Crippen molar-refractivity contribution in [1.29, 1.82) is 0 Å². The number of aromatic nitrogens is 5. The van der Waals surface area contributed by atoms with E-state index in [9.17, 15) is 4.79 Å². The van der Waals surface area contributed by atoms with Crippen molar-refractivity contribution < 1.29 is 0 Å². The molecule has 1 aliphatic heterocycles. The van der Waals surface area contributed by atoms with E-state index in [2.05, 4.69) is 40.7 Å². The van der Waals surface area contributed by atoms with Gasteiger partial charge in [0.25, 0.3) is 5.56 Å². The highest BCUT2D eigenvalue weighted by Crippen LogP contribution is 2.22. The average molecular weight is 366 g/mol. The largest absolute Gasteiger partial charge is 0.294 e. The third-order valence-corrected chi connectivity index (χ3v) is 5.13. The van der Waals surface area contributed by atoms with Crippen molar-refractivity contribution in [3.8, 4) is 0 Å². The van der Waals surface area contributed by atoms with E-state index in [1.807, 2.05) is 25.4 Å². The minimum atomic E-state index is -0.0582. The van der Waals surface area contributed by atoms with Crippen LogP contribution in [0.2, 0.25) is 0 Å². The molecule has 4 heterocycles. The first-order valence-electron chi connectivity index (χ1n) is 9.51. The zero-order chi connectivity index (χ0) is 19.2. The van der Waals surface area contributed by atoms with Crippen molar-refractivity contribution in [3.63, 3.8) is 0 Å². The summed E-state index contributed by atoms with van der Waals surface area (Å²) in [5.74, 6) is 0.856. The minimum Gasteiger partial charge on any atom is -0.294 e. The fourth-order valence-corrected chi connectivity index (χ4v) is 3.46. The predicted molar refractivity (Wildman–Crippen MR) is 104 cm³/mol. The maximum Gasteiger partial charge on any atom is 0.277 e. The lowest BCUT2D eigenvalue weighted by Gasteiger charge is -2.27. The van der Waals surface area contributed by atoms with Gasteiger partial charge < -0.3 is 0 Å². The van der Waals surface area contributed by atoms with E-state index in [4.69, 9.17) is 4.98 Å². The summed E-state index contributed by atoms with van der Waals surface area (Å²) < 4.78 is 1.59. The van der Waals surface area contributed by atoms with Crippen molar-refractivity contribution in [2.24, 2.45) is 0 Å². The summed E-state index contributed by atoms with van der Waals surface area (Å²) in [5, 5.41) is 3.23. The normalized spacial score (nSPS) is 15.3. The Labute approximate surface area is 158 Å². The Morgan fingerprint density at radius 2 is 1.96 bits per heavy atom. The van der Waals surface area contributed by atoms with E-state index >= 15 is 0 Å². The second-order valence-corrected chi connectivity index (χ2v) is 8.28. The fraction of sp³-hybridized carbons (Fsp3) is 0.500. The van der Waals surface area contributed by atoms with Crippen molar-refractivity contribution in [2.45, 2.75) is 59.0 Å². The molecule has 0 saturated carbocycles. The molecule has 0 radical (unpaired) electrons. The zero-order valence-corrected chi connectivity index (χ0v) is 16.4. The molecule has 1 N–H and O–H groups in total. The SMILES string of the molecule is CCc1ncc(CN2CCc3nc4cc(C(C)(C)C)[nH]n4c(=O)c3C2)cn1. The van der Waals surface area contributed by atoms with Crippen LogP contribution in [-0.2, 0) is 31.3 Å². The summed E-state index contributed by atoms with van der Waals surface area (Å²) in [4.78, 5) is 28.8. The third-order valence-electron chi connectivity index (χ3n) is 5.13. The fourth-order valence-electron chi connectivity index (χ4n) is 3.46. The lowest BCUT2D eigenvalue weighted by atomic mass is 9.93. The van der Waals surface area contributed by atoms with E-state index < -0.39 is 0 Å². The first kappa shape index (κ1) is 17.9. The van der Waals surface area contributed by atoms with Crippen LogP contribution in [0.5, 0.6) is 0 Å². The van der Waals surface area contributed by atoms with Crippen molar-refractivity contribution in [2.75, 3.05) is 6.54 Å². The Morgan fingerprint density at radius 3 is 2.63 bits per heavy atom. The molecule has 0 bridgehead atoms. The number of fused-ring (bicyclic) bond motifs is 2. The van der Waals surface area contributed by atoms with Crippen LogP contribution >= 0.6 is 0 Å². The zero-order valence-electron chi connectivity index (χ0n) is 16.4. The maximum atomic E-state index is 13.0. The summed E-state index contributed by atoms with van der Waals surface area (Å²) in [7, 11) is 0. The topological polar surface area (TPSA) is 79.2 Å². The number of aromatic amines is 1. The summed E-state index contributed by atoms with van der Waals surface area (Å²) in [5.41, 5.74) is 4.45. The van der Waals surface area contributed by atoms with E-state index in [1.165, 1.54) is 0 Å². The highest BCUT2D eigenvalue weighted by molar-refractivity contribution is 5.43. The smallest absolute Gasteiger partial charge is 0.277 e. The van der Waals surface area contributed by atoms with Gasteiger partial charge in [0.05, 0.1) is 11.3 Å². The molecule has 0 aromatic carbocycles. The Balaban J connectivity index is 1.62. The van der Waals surface area contributed by atoms with Crippen LogP contribution in [0.15, 0.2) is 23.3 Å². The Kier molecular flexibility index (Phi) is 4.34. The molecule has 1 aliphatic rings. The van der Waals surface area contributed by atoms with Gasteiger partial charge in [-0.3, -0.25) is 14.8 Å². The second kappa shape index (κ2) is 6.56. The van der Waals surface area contributed by atoms with Crippen LogP contribution in [0, 0.1) is 0 Å². The van der Waals surface area contributed by atoms with Crippen molar-refractivity contribution in [1.82, 2.24) is 29.5 Å². The average Bonchev–Trinajstić information content (AvgIpc) is 3.08. The molecule has 3 aromatic heterocycles. The number of nitrogens with zero attached hydrogens (tertiary/aromatic N) is 5. The van der Waals surface area contributed by atoms with Crippen molar-refractivity contribution in [3.05, 3.63) is 57.2 Å². The standard InChI is InChI=1S/C20H26N6O/c1-5-17-21-9-13(10-22-17)11-25-7-6-15-14(12-25)19(27)26-18(23-15)8-16(24-26)20(2,3)4/h8-10,24H,5-7,11-12H2,1-4H3. The Bertz CT molecular complexity index is 1030. The molecule has 142 valence electrons. The van der Waals surface area contributed by atoms with Crippen LogP contribution in [0.25, 0.3) is 5.65 Å². The number of hydrogen-bond acceptors (Lipinski definition) is 5. The van der Waals surface area contributed by atoms with E-state index in [1.54, 1.807) is 4.52 Å². The molecule has 0 fully saturated rings. The van der Waals surface area contributed by atoms with Gasteiger partial charge in [0.2, 0.25) is 0 Å². The Hall–Kier alpha value is -2.54. The summed E-state index contributed by atoms with van der Waals surface area (Å²) in [6.07, 6.45) is 5.39. The highest BCUT2D eigenvalue weighted by atomic mass is 16.1. The molecule has 0 unspecified atom stereocenters. The number of hydrogen-bond donors (Lipinski definition) is 1. The molecular weight excluding hydrogens is 340 g/mol. The monoisotopic (exact) mass is 366 g/mol. The van der Waals surface area contributed by atoms with Gasteiger partial charge in [-0.25, -0.2) is 19.5 Å². The van der Waals surface area contributed by atoms with Gasteiger partial charge in [0.1, 0.15) is 5.82 Å². The number of nitrogens with one attached hydrogen (secondary N) is 1. The van der Waals surface area contributed by atoms with Gasteiger partial charge in [-0.1, -0.05) is 27.7 Å². The lowest BCUT2D eigenvalue weighted by molar-refractivity contribution is 0.241. The van der Waals surface area contributed by atoms with Crippen LogP contribution in [-0.4, -0.2) is 36.0 Å². The molecule has 7 heteroatoms. The van der Waals surface area contributed by atoms with E-state index in [-0.39, 0.29) is 11.0 Å². The molecule has 7 nitrogen and oxygen atoms in total. The van der Waals surface area contributed by atoms with Crippen LogP contribution in [0.1, 0.15) is 56.0 Å². The second-order valence-electron chi connectivity index (χ2n) is 8.28. The quantitative estimate of drug-likeness (QED) is 0.769. The first-order chi connectivity index (χ1) is 12.8. The third kappa shape index (κ3) is 3.39. The van der Waals surface area contributed by atoms with Gasteiger partial charge >= 0.3 is 0 Å². The maximum absolute atomic E-state index is 13.0. The van der Waals surface area contributed by atoms with E-state index in [0.717, 1.165) is 54.3 Å². The van der Waals surface area contributed by atoms with E-state index in [0.29, 0.717) is 12.2 Å². The van der Waals surface area contributed by atoms with Gasteiger partial charge in [-0.15, -0.1) is 0 Å². The first-order valence-corrected chi connectivity index (χ1v) is 9.51. The molecule has 0 aliphatic carbocycles. The van der Waals surface area contributed by atoms with Gasteiger partial charge in [-0.2, -0.15) is 0 Å². The number of rotatable bonds is 3. The lowest BCUT2D eigenvalue weighted by Crippen LogP contribution is -2.36.